The van der Waals surface area contributed by atoms with E-state index >= 15 is 0 Å². The van der Waals surface area contributed by atoms with Crippen LogP contribution in [0.15, 0.2) is 18.2 Å². The van der Waals surface area contributed by atoms with Crippen molar-refractivity contribution >= 4 is 29.3 Å². The Morgan fingerprint density at radius 2 is 1.03 bits per heavy atom. The lowest BCUT2D eigenvalue weighted by Crippen LogP contribution is -2.12. The third kappa shape index (κ3) is 14.4. The summed E-state index contributed by atoms with van der Waals surface area (Å²) in [6, 6.07) is 4.19. The molecule has 34 heavy (non-hydrogen) atoms. The highest BCUT2D eigenvalue weighted by molar-refractivity contribution is 6.00. The van der Waals surface area contributed by atoms with E-state index in [1.54, 1.807) is 0 Å². The number of amides is 1. The summed E-state index contributed by atoms with van der Waals surface area (Å²) in [6.45, 7) is 1.36. The molecule has 0 spiro atoms. The van der Waals surface area contributed by atoms with E-state index in [9.17, 15) is 24.3 Å². The second kappa shape index (κ2) is 17.7. The first-order valence-electron chi connectivity index (χ1n) is 12.7. The third-order valence-corrected chi connectivity index (χ3v) is 5.91. The smallest absolute Gasteiger partial charge is 0.335 e. The van der Waals surface area contributed by atoms with Crippen molar-refractivity contribution in [1.29, 1.82) is 0 Å². The van der Waals surface area contributed by atoms with Gasteiger partial charge in [-0.2, -0.15) is 0 Å². The fraction of sp³-hybridized carbons (Fsp3) is 0.630. The predicted molar refractivity (Wildman–Crippen MR) is 134 cm³/mol. The van der Waals surface area contributed by atoms with Crippen molar-refractivity contribution in [3.8, 4) is 0 Å². The topological polar surface area (TPSA) is 121 Å². The Morgan fingerprint density at radius 3 is 1.44 bits per heavy atom. The molecule has 7 nitrogen and oxygen atoms in total. The van der Waals surface area contributed by atoms with E-state index in [4.69, 9.17) is 5.11 Å². The molecule has 3 N–H and O–H groups in total. The number of carbonyl (C=O) groups excluding carboxylic acids is 2. The summed E-state index contributed by atoms with van der Waals surface area (Å²) in [4.78, 5) is 45.4. The minimum Gasteiger partial charge on any atom is -0.481 e. The number of unbranched alkanes of at least 4 members (excludes halogenated alkanes) is 13. The van der Waals surface area contributed by atoms with E-state index < -0.39 is 11.9 Å². The summed E-state index contributed by atoms with van der Waals surface area (Å²) < 4.78 is 0. The molecule has 0 aliphatic carbocycles. The van der Waals surface area contributed by atoms with E-state index in [0.29, 0.717) is 18.5 Å². The first kappa shape index (κ1) is 29.3. The third-order valence-electron chi connectivity index (χ3n) is 5.91. The number of carboxylic acid groups (broad SMARTS) is 2. The Morgan fingerprint density at radius 1 is 0.618 bits per heavy atom. The maximum Gasteiger partial charge on any atom is 0.335 e. The molecule has 7 heteroatoms. The van der Waals surface area contributed by atoms with Gasteiger partial charge in [0.1, 0.15) is 0 Å². The van der Waals surface area contributed by atoms with Crippen LogP contribution in [0.1, 0.15) is 130 Å². The normalized spacial score (nSPS) is 10.7. The van der Waals surface area contributed by atoms with Gasteiger partial charge in [-0.3, -0.25) is 14.4 Å². The molecule has 190 valence electrons. The number of Topliss-reactive ketones (excluding diaryl/α,β-unsaturated/α-hetero) is 1. The van der Waals surface area contributed by atoms with E-state index in [0.717, 1.165) is 38.5 Å². The molecule has 0 unspecified atom stereocenters. The zero-order valence-corrected chi connectivity index (χ0v) is 20.6. The van der Waals surface area contributed by atoms with Crippen molar-refractivity contribution in [1.82, 2.24) is 0 Å². The Bertz CT molecular complexity index is 757. The summed E-state index contributed by atoms with van der Waals surface area (Å²) in [5.74, 6) is -2.25. The maximum absolute atomic E-state index is 12.2. The molecular formula is C27H41NO6. The summed E-state index contributed by atoms with van der Waals surface area (Å²) >= 11 is 0. The van der Waals surface area contributed by atoms with Crippen molar-refractivity contribution in [3.05, 3.63) is 29.3 Å². The average molecular weight is 476 g/mol. The lowest BCUT2D eigenvalue weighted by atomic mass is 10.0. The fourth-order valence-corrected chi connectivity index (χ4v) is 3.93. The molecule has 1 aromatic rings. The largest absolute Gasteiger partial charge is 0.481 e. The van der Waals surface area contributed by atoms with Crippen molar-refractivity contribution in [2.24, 2.45) is 0 Å². The van der Waals surface area contributed by atoms with Crippen molar-refractivity contribution in [2.75, 3.05) is 5.32 Å². The number of rotatable bonds is 20. The number of benzene rings is 1. The number of carboxylic acids is 2. The molecule has 0 fully saturated rings. The van der Waals surface area contributed by atoms with Crippen LogP contribution in [-0.2, 0) is 9.59 Å². The molecule has 1 aromatic carbocycles. The van der Waals surface area contributed by atoms with E-state index in [1.807, 2.05) is 0 Å². The van der Waals surface area contributed by atoms with E-state index in [1.165, 1.54) is 76.5 Å². The van der Waals surface area contributed by atoms with Gasteiger partial charge in [0.15, 0.2) is 5.78 Å². The van der Waals surface area contributed by atoms with Crippen LogP contribution in [0.4, 0.5) is 5.69 Å². The molecule has 0 saturated carbocycles. The summed E-state index contributed by atoms with van der Waals surface area (Å²) in [6.07, 6.45) is 16.4. The van der Waals surface area contributed by atoms with Crippen LogP contribution in [-0.4, -0.2) is 33.8 Å². The van der Waals surface area contributed by atoms with Gasteiger partial charge in [0.2, 0.25) is 5.91 Å². The van der Waals surface area contributed by atoms with Gasteiger partial charge in [0.25, 0.3) is 0 Å². The molecule has 1 amide bonds. The number of aromatic carboxylic acids is 1. The van der Waals surface area contributed by atoms with Crippen LogP contribution in [0.5, 0.6) is 0 Å². The van der Waals surface area contributed by atoms with Crippen molar-refractivity contribution in [2.45, 2.75) is 110 Å². The monoisotopic (exact) mass is 475 g/mol. The van der Waals surface area contributed by atoms with Gasteiger partial charge in [-0.05, 0) is 38.0 Å². The number of ketones is 1. The van der Waals surface area contributed by atoms with Gasteiger partial charge in [-0.1, -0.05) is 77.0 Å². The minimum atomic E-state index is -1.14. The molecular weight excluding hydrogens is 434 g/mol. The highest BCUT2D eigenvalue weighted by atomic mass is 16.4. The summed E-state index contributed by atoms with van der Waals surface area (Å²) in [5, 5.41) is 20.5. The number of carbonyl (C=O) groups is 4. The molecule has 0 atom stereocenters. The van der Waals surface area contributed by atoms with Crippen LogP contribution in [0.25, 0.3) is 0 Å². The molecule has 0 aliphatic rings. The predicted octanol–water partition coefficient (Wildman–Crippen LogP) is 6.85. The van der Waals surface area contributed by atoms with Crippen molar-refractivity contribution in [3.63, 3.8) is 0 Å². The zero-order chi connectivity index (χ0) is 25.2. The average Bonchev–Trinajstić information content (AvgIpc) is 2.78. The summed E-state index contributed by atoms with van der Waals surface area (Å²) in [5.41, 5.74) is 0.590. The molecule has 0 heterocycles. The van der Waals surface area contributed by atoms with Crippen molar-refractivity contribution < 1.29 is 29.4 Å². The number of hydrogen-bond donors (Lipinski definition) is 3. The fourth-order valence-electron chi connectivity index (χ4n) is 3.93. The number of aliphatic carboxylic acids is 1. The molecule has 1 rings (SSSR count). The van der Waals surface area contributed by atoms with Gasteiger partial charge in [0, 0.05) is 24.1 Å². The lowest BCUT2D eigenvalue weighted by molar-refractivity contribution is -0.137. The Hall–Kier alpha value is -2.70. The quantitative estimate of drug-likeness (QED) is 0.140. The minimum absolute atomic E-state index is 0.0176. The highest BCUT2D eigenvalue weighted by Gasteiger charge is 2.11. The SMILES string of the molecule is CC(=O)c1cc(NC(=O)CCCCCCCCCCCCCCCCC(=O)O)cc(C(=O)O)c1. The second-order valence-corrected chi connectivity index (χ2v) is 9.05. The number of anilines is 1. The van der Waals surface area contributed by atoms with Crippen LogP contribution in [0, 0.1) is 0 Å². The van der Waals surface area contributed by atoms with Gasteiger partial charge in [0.05, 0.1) is 5.56 Å². The van der Waals surface area contributed by atoms with Gasteiger partial charge < -0.3 is 15.5 Å². The van der Waals surface area contributed by atoms with Crippen LogP contribution >= 0.6 is 0 Å². The van der Waals surface area contributed by atoms with Crippen LogP contribution in [0.3, 0.4) is 0 Å². The zero-order valence-electron chi connectivity index (χ0n) is 20.6. The summed E-state index contributed by atoms with van der Waals surface area (Å²) in [7, 11) is 0. The second-order valence-electron chi connectivity index (χ2n) is 9.05. The first-order chi connectivity index (χ1) is 16.3. The number of hydrogen-bond acceptors (Lipinski definition) is 4. The Labute approximate surface area is 203 Å². The van der Waals surface area contributed by atoms with Gasteiger partial charge in [-0.25, -0.2) is 4.79 Å². The maximum atomic E-state index is 12.2. The highest BCUT2D eigenvalue weighted by Crippen LogP contribution is 2.17. The van der Waals surface area contributed by atoms with E-state index in [2.05, 4.69) is 5.32 Å². The molecule has 0 saturated heterocycles. The van der Waals surface area contributed by atoms with Gasteiger partial charge in [-0.15, -0.1) is 0 Å². The van der Waals surface area contributed by atoms with Crippen LogP contribution in [0.2, 0.25) is 0 Å². The van der Waals surface area contributed by atoms with E-state index in [-0.39, 0.29) is 22.8 Å². The van der Waals surface area contributed by atoms with Gasteiger partial charge >= 0.3 is 11.9 Å². The Balaban J connectivity index is 2.02. The van der Waals surface area contributed by atoms with Crippen LogP contribution < -0.4 is 5.32 Å². The Kier molecular flexibility index (Phi) is 15.3. The molecule has 0 bridgehead atoms. The number of nitrogens with one attached hydrogen (secondary N) is 1. The molecule has 0 aromatic heterocycles. The molecule has 0 aliphatic heterocycles. The molecule has 0 radical (unpaired) electrons. The standard InChI is InChI=1S/C27H41NO6/c1-21(29)22-18-23(27(33)34)20-24(19-22)28-25(30)16-14-12-10-8-6-4-2-3-5-7-9-11-13-15-17-26(31)32/h18-20H,2-17H2,1H3,(H,28,30)(H,31,32)(H,33,34). The first-order valence-corrected chi connectivity index (χ1v) is 12.7. The lowest BCUT2D eigenvalue weighted by Gasteiger charge is -2.08.